The van der Waals surface area contributed by atoms with Gasteiger partial charge in [-0.2, -0.15) is 0 Å². The number of rotatable bonds is 8. The molecule has 0 radical (unpaired) electrons. The van der Waals surface area contributed by atoms with Crippen LogP contribution in [0, 0.1) is 0 Å². The van der Waals surface area contributed by atoms with Crippen LogP contribution in [-0.4, -0.2) is 33.2 Å². The van der Waals surface area contributed by atoms with Crippen molar-refractivity contribution in [3.63, 3.8) is 0 Å². The quantitative estimate of drug-likeness (QED) is 0.492. The highest BCUT2D eigenvalue weighted by atomic mass is 28.4. The van der Waals surface area contributed by atoms with Crippen molar-refractivity contribution in [1.29, 1.82) is 0 Å². The molecule has 0 spiro atoms. The molecule has 0 amide bonds. The molecule has 1 aromatic rings. The van der Waals surface area contributed by atoms with E-state index in [1.165, 1.54) is 5.56 Å². The van der Waals surface area contributed by atoms with Crippen molar-refractivity contribution in [2.75, 3.05) is 13.2 Å². The maximum atomic E-state index is 6.27. The van der Waals surface area contributed by atoms with Gasteiger partial charge in [0, 0.05) is 6.61 Å². The first-order valence-corrected chi connectivity index (χ1v) is 11.7. The second-order valence-electron chi connectivity index (χ2n) is 8.13. The third-order valence-corrected chi connectivity index (χ3v) is 9.94. The highest BCUT2D eigenvalue weighted by Crippen LogP contribution is 2.38. The summed E-state index contributed by atoms with van der Waals surface area (Å²) in [5.41, 5.74) is 0.786. The number of ether oxygens (including phenoxy) is 2. The summed E-state index contributed by atoms with van der Waals surface area (Å²) < 4.78 is 18.2. The monoisotopic (exact) mass is 348 g/mol. The van der Waals surface area contributed by atoms with Crippen molar-refractivity contribution in [3.05, 3.63) is 48.6 Å². The predicted molar refractivity (Wildman–Crippen MR) is 102 cm³/mol. The Balaban J connectivity index is 1.86. The van der Waals surface area contributed by atoms with E-state index in [-0.39, 0.29) is 16.7 Å². The molecule has 0 saturated carbocycles. The van der Waals surface area contributed by atoms with Crippen molar-refractivity contribution in [3.8, 4) is 0 Å². The molecule has 0 unspecified atom stereocenters. The summed E-state index contributed by atoms with van der Waals surface area (Å²) in [6.07, 6.45) is 2.77. The van der Waals surface area contributed by atoms with E-state index in [1.807, 2.05) is 24.3 Å². The first-order chi connectivity index (χ1) is 11.2. The molecule has 4 heteroatoms. The van der Waals surface area contributed by atoms with Crippen LogP contribution in [0.15, 0.2) is 43.0 Å². The maximum Gasteiger partial charge on any atom is 0.191 e. The van der Waals surface area contributed by atoms with Gasteiger partial charge in [-0.3, -0.25) is 0 Å². The average Bonchev–Trinajstić information content (AvgIpc) is 2.51. The first-order valence-electron chi connectivity index (χ1n) is 8.77. The van der Waals surface area contributed by atoms with E-state index in [9.17, 15) is 0 Å². The molecular formula is C20H32O3Si. The van der Waals surface area contributed by atoms with Gasteiger partial charge >= 0.3 is 0 Å². The lowest BCUT2D eigenvalue weighted by Crippen LogP contribution is -2.59. The molecule has 134 valence electrons. The van der Waals surface area contributed by atoms with E-state index < -0.39 is 8.32 Å². The van der Waals surface area contributed by atoms with Gasteiger partial charge in [0.15, 0.2) is 8.32 Å². The molecule has 1 heterocycles. The van der Waals surface area contributed by atoms with Crippen molar-refractivity contribution in [1.82, 2.24) is 0 Å². The second-order valence-corrected chi connectivity index (χ2v) is 12.9. The molecule has 2 rings (SSSR count). The molecule has 0 N–H and O–H groups in total. The van der Waals surface area contributed by atoms with Crippen LogP contribution in [-0.2, 0) is 20.5 Å². The fourth-order valence-electron chi connectivity index (χ4n) is 2.51. The van der Waals surface area contributed by atoms with Crippen molar-refractivity contribution >= 4 is 8.32 Å². The van der Waals surface area contributed by atoms with Crippen LogP contribution in [0.4, 0.5) is 0 Å². The summed E-state index contributed by atoms with van der Waals surface area (Å²) in [5, 5.41) is 0.229. The van der Waals surface area contributed by atoms with Crippen molar-refractivity contribution in [2.24, 2.45) is 0 Å². The zero-order valence-electron chi connectivity index (χ0n) is 15.8. The van der Waals surface area contributed by atoms with E-state index in [4.69, 9.17) is 13.9 Å². The van der Waals surface area contributed by atoms with Crippen LogP contribution in [0.2, 0.25) is 18.1 Å². The van der Waals surface area contributed by atoms with Gasteiger partial charge in [0.05, 0.1) is 19.3 Å². The first kappa shape index (κ1) is 19.4. The van der Waals surface area contributed by atoms with Crippen LogP contribution >= 0.6 is 0 Å². The number of hydrogen-bond donors (Lipinski definition) is 0. The number of benzene rings is 1. The molecule has 1 fully saturated rings. The second kappa shape index (κ2) is 7.52. The Labute approximate surface area is 148 Å². The van der Waals surface area contributed by atoms with E-state index in [1.54, 1.807) is 0 Å². The van der Waals surface area contributed by atoms with Crippen LogP contribution in [0.3, 0.4) is 0 Å². The van der Waals surface area contributed by atoms with E-state index in [2.05, 4.69) is 52.6 Å². The molecule has 1 aromatic carbocycles. The molecule has 2 atom stereocenters. The highest BCUT2D eigenvalue weighted by molar-refractivity contribution is 6.74. The van der Waals surface area contributed by atoms with Crippen LogP contribution < -0.4 is 0 Å². The summed E-state index contributed by atoms with van der Waals surface area (Å²) in [4.78, 5) is 0. The molecule has 1 aliphatic rings. The fraction of sp³-hybridized carbons (Fsp3) is 0.600. The summed E-state index contributed by atoms with van der Waals surface area (Å²) in [7, 11) is -1.71. The Bertz CT molecular complexity index is 536. The lowest BCUT2D eigenvalue weighted by molar-refractivity contribution is -0.243. The zero-order valence-corrected chi connectivity index (χ0v) is 16.8. The lowest BCUT2D eigenvalue weighted by Gasteiger charge is -2.47. The molecule has 0 bridgehead atoms. The highest BCUT2D eigenvalue weighted by Gasteiger charge is 2.47. The Morgan fingerprint density at radius 1 is 1.29 bits per heavy atom. The van der Waals surface area contributed by atoms with E-state index in [0.29, 0.717) is 19.8 Å². The van der Waals surface area contributed by atoms with Crippen LogP contribution in [0.1, 0.15) is 32.8 Å². The minimum Gasteiger partial charge on any atom is -0.417 e. The third-order valence-electron chi connectivity index (χ3n) is 5.40. The third kappa shape index (κ3) is 4.36. The molecular weight excluding hydrogens is 316 g/mol. The van der Waals surface area contributed by atoms with E-state index in [0.717, 1.165) is 6.42 Å². The lowest BCUT2D eigenvalue weighted by atomic mass is 9.89. The Morgan fingerprint density at radius 2 is 1.96 bits per heavy atom. The van der Waals surface area contributed by atoms with E-state index >= 15 is 0 Å². The van der Waals surface area contributed by atoms with Gasteiger partial charge in [-0.25, -0.2) is 0 Å². The number of hydrogen-bond acceptors (Lipinski definition) is 3. The normalized spacial score (nSPS) is 24.5. The average molecular weight is 349 g/mol. The van der Waals surface area contributed by atoms with Crippen molar-refractivity contribution < 1.29 is 13.9 Å². The Kier molecular flexibility index (Phi) is 6.08. The van der Waals surface area contributed by atoms with Gasteiger partial charge in [-0.1, -0.05) is 57.2 Å². The minimum atomic E-state index is -1.71. The molecule has 1 saturated heterocycles. The SMILES string of the molecule is C=C[C@]1(OCc2ccccc2)CO[C@H]1CCO[Si](C)(C)C(C)(C)C. The largest absolute Gasteiger partial charge is 0.417 e. The molecule has 24 heavy (non-hydrogen) atoms. The van der Waals surface area contributed by atoms with Gasteiger partial charge in [0.2, 0.25) is 0 Å². The fourth-order valence-corrected chi connectivity index (χ4v) is 3.57. The van der Waals surface area contributed by atoms with Crippen LogP contribution in [0.5, 0.6) is 0 Å². The van der Waals surface area contributed by atoms with Gasteiger partial charge in [0.1, 0.15) is 5.60 Å². The summed E-state index contributed by atoms with van der Waals surface area (Å²) in [6.45, 7) is 17.2. The van der Waals surface area contributed by atoms with Crippen LogP contribution in [0.25, 0.3) is 0 Å². The summed E-state index contributed by atoms with van der Waals surface area (Å²) >= 11 is 0. The molecule has 0 aliphatic carbocycles. The molecule has 1 aliphatic heterocycles. The summed E-state index contributed by atoms with van der Waals surface area (Å²) in [5.74, 6) is 0. The minimum absolute atomic E-state index is 0.0310. The Morgan fingerprint density at radius 3 is 2.46 bits per heavy atom. The standard InChI is InChI=1S/C20H32O3Si/c1-7-20(22-15-17-11-9-8-10-12-17)16-21-18(20)13-14-23-24(5,6)19(2,3)4/h7-12,18H,1,13-16H2,2-6H3/t18-,20-/m0/s1. The summed E-state index contributed by atoms with van der Waals surface area (Å²) in [6, 6.07) is 10.2. The zero-order chi connectivity index (χ0) is 17.8. The Hall–Kier alpha value is -0.943. The predicted octanol–water partition coefficient (Wildman–Crippen LogP) is 4.94. The van der Waals surface area contributed by atoms with Gasteiger partial charge in [-0.05, 0) is 30.1 Å². The van der Waals surface area contributed by atoms with Gasteiger partial charge < -0.3 is 13.9 Å². The van der Waals surface area contributed by atoms with Crippen molar-refractivity contribution in [2.45, 2.75) is 63.6 Å². The van der Waals surface area contributed by atoms with Gasteiger partial charge in [0.25, 0.3) is 0 Å². The van der Waals surface area contributed by atoms with Gasteiger partial charge in [-0.15, -0.1) is 6.58 Å². The smallest absolute Gasteiger partial charge is 0.191 e. The topological polar surface area (TPSA) is 27.7 Å². The maximum absolute atomic E-state index is 6.27. The molecule has 3 nitrogen and oxygen atoms in total. The molecule has 0 aromatic heterocycles.